The highest BCUT2D eigenvalue weighted by Gasteiger charge is 2.14. The minimum Gasteiger partial charge on any atom is -0.481 e. The van der Waals surface area contributed by atoms with Gasteiger partial charge in [-0.15, -0.1) is 0 Å². The Morgan fingerprint density at radius 1 is 1.62 bits per heavy atom. The highest BCUT2D eigenvalue weighted by Crippen LogP contribution is 2.10. The molecule has 2 N–H and O–H groups in total. The van der Waals surface area contributed by atoms with E-state index < -0.39 is 5.97 Å². The summed E-state index contributed by atoms with van der Waals surface area (Å²) in [6.07, 6.45) is 2.10. The molecular weight excluding hydrogens is 170 g/mol. The zero-order chi connectivity index (χ0) is 9.52. The van der Waals surface area contributed by atoms with E-state index in [1.807, 2.05) is 0 Å². The number of hydrogen-bond acceptors (Lipinski definition) is 3. The van der Waals surface area contributed by atoms with E-state index in [1.165, 1.54) is 0 Å². The molecule has 0 radical (unpaired) electrons. The maximum atomic E-state index is 10.2. The zero-order valence-electron chi connectivity index (χ0n) is 7.79. The second kappa shape index (κ2) is 5.94. The van der Waals surface area contributed by atoms with Crippen molar-refractivity contribution in [1.82, 2.24) is 5.32 Å². The number of hydrogen-bond donors (Lipinski definition) is 2. The molecule has 1 fully saturated rings. The van der Waals surface area contributed by atoms with Gasteiger partial charge in [-0.25, -0.2) is 0 Å². The Morgan fingerprint density at radius 2 is 2.46 bits per heavy atom. The Kier molecular flexibility index (Phi) is 4.78. The van der Waals surface area contributed by atoms with Crippen molar-refractivity contribution in [2.75, 3.05) is 26.3 Å². The first-order chi connectivity index (χ1) is 6.29. The Morgan fingerprint density at radius 3 is 3.08 bits per heavy atom. The number of carboxylic acid groups (broad SMARTS) is 1. The van der Waals surface area contributed by atoms with Crippen molar-refractivity contribution < 1.29 is 14.6 Å². The Balaban J connectivity index is 1.86. The smallest absolute Gasteiger partial charge is 0.303 e. The van der Waals surface area contributed by atoms with Crippen molar-refractivity contribution in [1.29, 1.82) is 0 Å². The van der Waals surface area contributed by atoms with Crippen LogP contribution < -0.4 is 5.32 Å². The number of carboxylic acids is 1. The van der Waals surface area contributed by atoms with Crippen molar-refractivity contribution in [2.24, 2.45) is 5.92 Å². The number of aliphatic carboxylic acids is 1. The topological polar surface area (TPSA) is 58.6 Å². The molecule has 1 aliphatic rings. The maximum absolute atomic E-state index is 10.2. The van der Waals surface area contributed by atoms with Gasteiger partial charge in [0, 0.05) is 19.6 Å². The standard InChI is InChI=1S/C9H17NO3/c11-9(12)2-1-4-10-6-8-3-5-13-7-8/h8,10H,1-7H2,(H,11,12). The molecule has 0 aromatic rings. The van der Waals surface area contributed by atoms with Crippen molar-refractivity contribution in [3.63, 3.8) is 0 Å². The molecule has 1 saturated heterocycles. The lowest BCUT2D eigenvalue weighted by atomic mass is 10.1. The fraction of sp³-hybridized carbons (Fsp3) is 0.889. The molecule has 0 amide bonds. The molecule has 1 heterocycles. The average molecular weight is 187 g/mol. The van der Waals surface area contributed by atoms with Crippen LogP contribution in [-0.4, -0.2) is 37.4 Å². The van der Waals surface area contributed by atoms with Crippen LogP contribution >= 0.6 is 0 Å². The summed E-state index contributed by atoms with van der Waals surface area (Å²) in [5.74, 6) is -0.0872. The predicted molar refractivity (Wildman–Crippen MR) is 48.7 cm³/mol. The Bertz CT molecular complexity index is 155. The number of rotatable bonds is 6. The van der Waals surface area contributed by atoms with Gasteiger partial charge in [0.2, 0.25) is 0 Å². The van der Waals surface area contributed by atoms with Gasteiger partial charge in [0.25, 0.3) is 0 Å². The minimum atomic E-state index is -0.717. The first-order valence-corrected chi connectivity index (χ1v) is 4.79. The Labute approximate surface area is 78.3 Å². The van der Waals surface area contributed by atoms with Crippen LogP contribution in [0.1, 0.15) is 19.3 Å². The van der Waals surface area contributed by atoms with E-state index in [1.54, 1.807) is 0 Å². The molecule has 1 atom stereocenters. The fourth-order valence-electron chi connectivity index (χ4n) is 1.42. The van der Waals surface area contributed by atoms with Crippen LogP contribution in [-0.2, 0) is 9.53 Å². The zero-order valence-corrected chi connectivity index (χ0v) is 7.79. The van der Waals surface area contributed by atoms with Gasteiger partial charge >= 0.3 is 5.97 Å². The van der Waals surface area contributed by atoms with Crippen molar-refractivity contribution >= 4 is 5.97 Å². The summed E-state index contributed by atoms with van der Waals surface area (Å²) < 4.78 is 5.22. The number of nitrogens with one attached hydrogen (secondary N) is 1. The third-order valence-corrected chi connectivity index (χ3v) is 2.20. The van der Waals surface area contributed by atoms with Gasteiger partial charge in [-0.05, 0) is 25.3 Å². The molecular formula is C9H17NO3. The monoisotopic (exact) mass is 187 g/mol. The van der Waals surface area contributed by atoms with Crippen LogP contribution in [0.3, 0.4) is 0 Å². The van der Waals surface area contributed by atoms with Crippen LogP contribution in [0.25, 0.3) is 0 Å². The molecule has 4 nitrogen and oxygen atoms in total. The Hall–Kier alpha value is -0.610. The largest absolute Gasteiger partial charge is 0.481 e. The van der Waals surface area contributed by atoms with Crippen LogP contribution in [0.2, 0.25) is 0 Å². The minimum absolute atomic E-state index is 0.258. The second-order valence-electron chi connectivity index (χ2n) is 3.43. The van der Waals surface area contributed by atoms with Crippen molar-refractivity contribution in [2.45, 2.75) is 19.3 Å². The molecule has 1 unspecified atom stereocenters. The van der Waals surface area contributed by atoms with Gasteiger partial charge in [-0.3, -0.25) is 4.79 Å². The lowest BCUT2D eigenvalue weighted by Crippen LogP contribution is -2.24. The highest BCUT2D eigenvalue weighted by atomic mass is 16.5. The SMILES string of the molecule is O=C(O)CCCNCC1CCOC1. The van der Waals surface area contributed by atoms with Gasteiger partial charge in [-0.2, -0.15) is 0 Å². The van der Waals surface area contributed by atoms with E-state index in [2.05, 4.69) is 5.32 Å². The third-order valence-electron chi connectivity index (χ3n) is 2.20. The van der Waals surface area contributed by atoms with Crippen LogP contribution in [0.5, 0.6) is 0 Å². The summed E-state index contributed by atoms with van der Waals surface area (Å²) in [4.78, 5) is 10.2. The second-order valence-corrected chi connectivity index (χ2v) is 3.43. The van der Waals surface area contributed by atoms with Gasteiger partial charge in [0.05, 0.1) is 6.61 Å². The molecule has 0 aromatic carbocycles. The van der Waals surface area contributed by atoms with Crippen molar-refractivity contribution in [3.8, 4) is 0 Å². The molecule has 0 bridgehead atoms. The molecule has 1 rings (SSSR count). The van der Waals surface area contributed by atoms with Crippen LogP contribution in [0.15, 0.2) is 0 Å². The molecule has 0 aliphatic carbocycles. The molecule has 1 aliphatic heterocycles. The van der Waals surface area contributed by atoms with E-state index in [0.717, 1.165) is 32.7 Å². The van der Waals surface area contributed by atoms with E-state index >= 15 is 0 Å². The van der Waals surface area contributed by atoms with Crippen LogP contribution in [0, 0.1) is 5.92 Å². The first kappa shape index (κ1) is 10.5. The van der Waals surface area contributed by atoms with Gasteiger partial charge in [-0.1, -0.05) is 0 Å². The summed E-state index contributed by atoms with van der Waals surface area (Å²) in [6.45, 7) is 3.48. The molecule has 0 spiro atoms. The quantitative estimate of drug-likeness (QED) is 0.594. The normalized spacial score (nSPS) is 22.0. The fourth-order valence-corrected chi connectivity index (χ4v) is 1.42. The lowest BCUT2D eigenvalue weighted by Gasteiger charge is -2.07. The highest BCUT2D eigenvalue weighted by molar-refractivity contribution is 5.66. The predicted octanol–water partition coefficient (Wildman–Crippen LogP) is 0.477. The van der Waals surface area contributed by atoms with E-state index in [0.29, 0.717) is 12.3 Å². The van der Waals surface area contributed by atoms with Crippen LogP contribution in [0.4, 0.5) is 0 Å². The van der Waals surface area contributed by atoms with E-state index in [-0.39, 0.29) is 6.42 Å². The van der Waals surface area contributed by atoms with Gasteiger partial charge in [0.15, 0.2) is 0 Å². The molecule has 0 aromatic heterocycles. The lowest BCUT2D eigenvalue weighted by molar-refractivity contribution is -0.137. The average Bonchev–Trinajstić information content (AvgIpc) is 2.55. The number of ether oxygens (including phenoxy) is 1. The molecule has 0 saturated carbocycles. The van der Waals surface area contributed by atoms with E-state index in [9.17, 15) is 4.79 Å². The third kappa shape index (κ3) is 4.85. The summed E-state index contributed by atoms with van der Waals surface area (Å²) in [6, 6.07) is 0. The first-order valence-electron chi connectivity index (χ1n) is 4.79. The van der Waals surface area contributed by atoms with Gasteiger partial charge in [0.1, 0.15) is 0 Å². The van der Waals surface area contributed by atoms with Crippen molar-refractivity contribution in [3.05, 3.63) is 0 Å². The van der Waals surface area contributed by atoms with Gasteiger partial charge < -0.3 is 15.2 Å². The number of carbonyl (C=O) groups is 1. The maximum Gasteiger partial charge on any atom is 0.303 e. The molecule has 4 heteroatoms. The summed E-state index contributed by atoms with van der Waals surface area (Å²) in [7, 11) is 0. The summed E-state index contributed by atoms with van der Waals surface area (Å²) in [5, 5.41) is 11.6. The molecule has 13 heavy (non-hydrogen) atoms. The van der Waals surface area contributed by atoms with E-state index in [4.69, 9.17) is 9.84 Å². The molecule has 76 valence electrons. The summed E-state index contributed by atoms with van der Waals surface area (Å²) in [5.41, 5.74) is 0. The summed E-state index contributed by atoms with van der Waals surface area (Å²) >= 11 is 0.